The van der Waals surface area contributed by atoms with Gasteiger partial charge in [-0.2, -0.15) is 0 Å². The molecule has 7 nitrogen and oxygen atoms in total. The molecule has 0 bridgehead atoms. The molecule has 0 amide bonds. The summed E-state index contributed by atoms with van der Waals surface area (Å²) >= 11 is 6.46. The summed E-state index contributed by atoms with van der Waals surface area (Å²) in [5.74, 6) is 0.686. The highest BCUT2D eigenvalue weighted by Crippen LogP contribution is 2.34. The molecule has 0 saturated carbocycles. The molecule has 0 radical (unpaired) electrons. The zero-order chi connectivity index (χ0) is 24.4. The van der Waals surface area contributed by atoms with Crippen molar-refractivity contribution in [3.8, 4) is 11.3 Å². The van der Waals surface area contributed by atoms with Crippen LogP contribution in [0.25, 0.3) is 27.9 Å². The molecule has 174 valence electrons. The molecule has 0 aliphatic rings. The van der Waals surface area contributed by atoms with Gasteiger partial charge in [-0.1, -0.05) is 41.4 Å². The van der Waals surface area contributed by atoms with E-state index in [1.54, 1.807) is 62.5 Å². The Morgan fingerprint density at radius 3 is 2.35 bits per heavy atom. The minimum absolute atomic E-state index is 0.196. The molecular weight excluding hydrogens is 472 g/mol. The van der Waals surface area contributed by atoms with Crippen molar-refractivity contribution < 1.29 is 13.5 Å². The normalized spacial score (nSPS) is 12.6. The Hall–Kier alpha value is -3.20. The molecule has 34 heavy (non-hydrogen) atoms. The van der Waals surface area contributed by atoms with E-state index in [1.807, 2.05) is 24.3 Å². The largest absolute Gasteiger partial charge is 0.386 e. The summed E-state index contributed by atoms with van der Waals surface area (Å²) in [5, 5.41) is 10.8. The van der Waals surface area contributed by atoms with Crippen molar-refractivity contribution in [2.45, 2.75) is 38.2 Å². The molecule has 1 N–H and O–H groups in total. The Morgan fingerprint density at radius 2 is 1.71 bits per heavy atom. The Balaban J connectivity index is 1.68. The number of aromatic nitrogens is 4. The monoisotopic (exact) mass is 494 g/mol. The molecule has 0 spiro atoms. The molecule has 0 atom stereocenters. The van der Waals surface area contributed by atoms with Crippen LogP contribution < -0.4 is 0 Å². The number of benzene rings is 2. The molecule has 0 aliphatic heterocycles. The van der Waals surface area contributed by atoms with E-state index >= 15 is 0 Å². The SMILES string of the molecule is Cc1ccc(S(=O)(=O)n2ccc3c2ncc2c(-c4ccc(C(C)(C)O)c(Cl)c4)nc(C)n23)cc1. The van der Waals surface area contributed by atoms with Gasteiger partial charge in [0.1, 0.15) is 5.82 Å². The van der Waals surface area contributed by atoms with E-state index in [9.17, 15) is 13.5 Å². The summed E-state index contributed by atoms with van der Waals surface area (Å²) in [6.07, 6.45) is 3.14. The third kappa shape index (κ3) is 3.50. The first-order valence-corrected chi connectivity index (χ1v) is 12.5. The lowest BCUT2D eigenvalue weighted by Crippen LogP contribution is -2.15. The second-order valence-electron chi connectivity index (χ2n) is 8.88. The molecule has 0 fully saturated rings. The Kier molecular flexibility index (Phi) is 5.09. The minimum Gasteiger partial charge on any atom is -0.386 e. The fraction of sp³-hybridized carbons (Fsp3) is 0.200. The van der Waals surface area contributed by atoms with Crippen LogP contribution in [0.5, 0.6) is 0 Å². The molecular formula is C25H23ClN4O3S. The number of hydrogen-bond donors (Lipinski definition) is 1. The molecule has 0 unspecified atom stereocenters. The van der Waals surface area contributed by atoms with E-state index in [4.69, 9.17) is 16.6 Å². The number of nitrogens with zero attached hydrogens (tertiary/aromatic N) is 4. The molecule has 3 aromatic heterocycles. The van der Waals surface area contributed by atoms with Gasteiger partial charge in [0.05, 0.1) is 33.4 Å². The molecule has 9 heteroatoms. The van der Waals surface area contributed by atoms with E-state index in [-0.39, 0.29) is 4.90 Å². The fourth-order valence-electron chi connectivity index (χ4n) is 4.18. The molecule has 0 saturated heterocycles. The van der Waals surface area contributed by atoms with Gasteiger partial charge in [-0.05, 0) is 52.0 Å². The second-order valence-corrected chi connectivity index (χ2v) is 11.1. The zero-order valence-corrected chi connectivity index (χ0v) is 20.7. The first kappa shape index (κ1) is 22.6. The van der Waals surface area contributed by atoms with Crippen LogP contribution in [0.1, 0.15) is 30.8 Å². The van der Waals surface area contributed by atoms with E-state index < -0.39 is 15.6 Å². The highest BCUT2D eigenvalue weighted by Gasteiger charge is 2.24. The van der Waals surface area contributed by atoms with Crippen molar-refractivity contribution in [3.05, 3.63) is 82.9 Å². The maximum atomic E-state index is 13.3. The standard InChI is InChI=1S/C25H23ClN4O3S/c1-15-5-8-18(9-6-15)34(32,33)29-12-11-21-24(29)27-14-22-23(28-16(2)30(21)22)17-7-10-19(20(26)13-17)25(3,4)31/h5-14,31H,1-4H3. The van der Waals surface area contributed by atoms with Crippen molar-refractivity contribution in [2.24, 2.45) is 0 Å². The maximum Gasteiger partial charge on any atom is 0.269 e. The Bertz CT molecular complexity index is 1680. The van der Waals surface area contributed by atoms with Crippen LogP contribution in [-0.2, 0) is 15.6 Å². The molecule has 5 aromatic rings. The van der Waals surface area contributed by atoms with Crippen molar-refractivity contribution in [1.82, 2.24) is 18.3 Å². The lowest BCUT2D eigenvalue weighted by atomic mass is 9.96. The summed E-state index contributed by atoms with van der Waals surface area (Å²) in [5.41, 5.74) is 3.65. The molecule has 5 rings (SSSR count). The van der Waals surface area contributed by atoms with Gasteiger partial charge in [0, 0.05) is 22.3 Å². The number of halogens is 1. The fourth-order valence-corrected chi connectivity index (χ4v) is 5.89. The Labute approximate surface area is 202 Å². The van der Waals surface area contributed by atoms with E-state index in [0.29, 0.717) is 33.3 Å². The van der Waals surface area contributed by atoms with Crippen molar-refractivity contribution in [1.29, 1.82) is 0 Å². The van der Waals surface area contributed by atoms with Crippen LogP contribution in [0.15, 0.2) is 65.8 Å². The average Bonchev–Trinajstić information content (AvgIpc) is 3.34. The minimum atomic E-state index is -3.81. The summed E-state index contributed by atoms with van der Waals surface area (Å²) in [7, 11) is -3.81. The number of imidazole rings is 1. The highest BCUT2D eigenvalue weighted by molar-refractivity contribution is 7.90. The molecule has 2 aromatic carbocycles. The van der Waals surface area contributed by atoms with Crippen molar-refractivity contribution in [2.75, 3.05) is 0 Å². The quantitative estimate of drug-likeness (QED) is 0.376. The van der Waals surface area contributed by atoms with Gasteiger partial charge in [-0.25, -0.2) is 22.4 Å². The van der Waals surface area contributed by atoms with Gasteiger partial charge in [0.15, 0.2) is 5.65 Å². The third-order valence-corrected chi connectivity index (χ3v) is 7.91. The van der Waals surface area contributed by atoms with Gasteiger partial charge in [-0.3, -0.25) is 4.40 Å². The number of hydrogen-bond acceptors (Lipinski definition) is 5. The first-order valence-electron chi connectivity index (χ1n) is 10.7. The smallest absolute Gasteiger partial charge is 0.269 e. The van der Waals surface area contributed by atoms with Gasteiger partial charge < -0.3 is 5.11 Å². The number of aryl methyl sites for hydroxylation is 2. The van der Waals surface area contributed by atoms with Crippen LogP contribution in [-0.4, -0.2) is 31.9 Å². The summed E-state index contributed by atoms with van der Waals surface area (Å²) in [4.78, 5) is 9.43. The lowest BCUT2D eigenvalue weighted by molar-refractivity contribution is 0.0787. The van der Waals surface area contributed by atoms with Crippen LogP contribution in [0.4, 0.5) is 0 Å². The van der Waals surface area contributed by atoms with Gasteiger partial charge >= 0.3 is 0 Å². The first-order chi connectivity index (χ1) is 16.0. The van der Waals surface area contributed by atoms with Crippen LogP contribution in [0.3, 0.4) is 0 Å². The van der Waals surface area contributed by atoms with Crippen LogP contribution in [0.2, 0.25) is 5.02 Å². The van der Waals surface area contributed by atoms with Crippen LogP contribution in [0, 0.1) is 13.8 Å². The zero-order valence-electron chi connectivity index (χ0n) is 19.1. The van der Waals surface area contributed by atoms with Crippen LogP contribution >= 0.6 is 11.6 Å². The predicted molar refractivity (Wildman–Crippen MR) is 133 cm³/mol. The lowest BCUT2D eigenvalue weighted by Gasteiger charge is -2.19. The van der Waals surface area contributed by atoms with Crippen molar-refractivity contribution in [3.63, 3.8) is 0 Å². The Morgan fingerprint density at radius 1 is 1.00 bits per heavy atom. The highest BCUT2D eigenvalue weighted by atomic mass is 35.5. The number of fused-ring (bicyclic) bond motifs is 3. The van der Waals surface area contributed by atoms with Gasteiger partial charge in [0.25, 0.3) is 10.0 Å². The molecule has 0 aliphatic carbocycles. The van der Waals surface area contributed by atoms with E-state index in [0.717, 1.165) is 16.6 Å². The third-order valence-electron chi connectivity index (χ3n) is 5.92. The summed E-state index contributed by atoms with van der Waals surface area (Å²) in [6, 6.07) is 13.9. The van der Waals surface area contributed by atoms with E-state index in [1.165, 1.54) is 10.2 Å². The van der Waals surface area contributed by atoms with Gasteiger partial charge in [0.2, 0.25) is 0 Å². The summed E-state index contributed by atoms with van der Waals surface area (Å²) < 4.78 is 29.6. The van der Waals surface area contributed by atoms with Crippen molar-refractivity contribution >= 4 is 38.3 Å². The topological polar surface area (TPSA) is 89.5 Å². The molecule has 3 heterocycles. The second kappa shape index (κ2) is 7.66. The predicted octanol–water partition coefficient (Wildman–Crippen LogP) is 5.09. The van der Waals surface area contributed by atoms with Gasteiger partial charge in [-0.15, -0.1) is 0 Å². The maximum absolute atomic E-state index is 13.3. The number of aliphatic hydroxyl groups is 1. The average molecular weight is 495 g/mol. The summed E-state index contributed by atoms with van der Waals surface area (Å²) in [6.45, 7) is 7.12. The number of rotatable bonds is 4. The van der Waals surface area contributed by atoms with E-state index in [2.05, 4.69) is 4.98 Å².